The standard InChI is InChI=1S/C14H10ClN3OS/c15-12-5-1-3-10(7-12)9-20-14-18-17-13(19-14)11-4-2-6-16-8-11/h1-8H,9H2. The van der Waals surface area contributed by atoms with Crippen molar-refractivity contribution in [2.24, 2.45) is 0 Å². The van der Waals surface area contributed by atoms with E-state index >= 15 is 0 Å². The van der Waals surface area contributed by atoms with Crippen LogP contribution in [0.25, 0.3) is 11.5 Å². The highest BCUT2D eigenvalue weighted by atomic mass is 35.5. The van der Waals surface area contributed by atoms with Crippen LogP contribution in [-0.4, -0.2) is 15.2 Å². The summed E-state index contributed by atoms with van der Waals surface area (Å²) in [5.74, 6) is 1.21. The molecule has 0 saturated carbocycles. The molecule has 0 atom stereocenters. The van der Waals surface area contributed by atoms with Gasteiger partial charge in [-0.3, -0.25) is 4.98 Å². The molecule has 6 heteroatoms. The zero-order valence-electron chi connectivity index (χ0n) is 10.4. The van der Waals surface area contributed by atoms with Crippen molar-refractivity contribution < 1.29 is 4.42 Å². The van der Waals surface area contributed by atoms with Crippen LogP contribution < -0.4 is 0 Å². The molecule has 0 fully saturated rings. The number of halogens is 1. The maximum absolute atomic E-state index is 5.94. The molecule has 0 radical (unpaired) electrons. The lowest BCUT2D eigenvalue weighted by atomic mass is 10.2. The van der Waals surface area contributed by atoms with E-state index in [0.29, 0.717) is 11.1 Å². The number of rotatable bonds is 4. The van der Waals surface area contributed by atoms with Crippen LogP contribution >= 0.6 is 23.4 Å². The Morgan fingerprint density at radius 2 is 2.10 bits per heavy atom. The number of thioether (sulfide) groups is 1. The average Bonchev–Trinajstić information content (AvgIpc) is 2.95. The molecule has 0 amide bonds. The predicted molar refractivity (Wildman–Crippen MR) is 78.5 cm³/mol. The molecule has 1 aromatic carbocycles. The fourth-order valence-corrected chi connectivity index (χ4v) is 2.56. The Balaban J connectivity index is 1.69. The lowest BCUT2D eigenvalue weighted by Gasteiger charge is -1.98. The number of hydrogen-bond donors (Lipinski definition) is 0. The number of nitrogens with zero attached hydrogens (tertiary/aromatic N) is 3. The Kier molecular flexibility index (Phi) is 3.99. The van der Waals surface area contributed by atoms with Crippen LogP contribution in [0.5, 0.6) is 0 Å². The van der Waals surface area contributed by atoms with E-state index < -0.39 is 0 Å². The summed E-state index contributed by atoms with van der Waals surface area (Å²) >= 11 is 7.42. The van der Waals surface area contributed by atoms with E-state index in [4.69, 9.17) is 16.0 Å². The maximum Gasteiger partial charge on any atom is 0.277 e. The monoisotopic (exact) mass is 303 g/mol. The summed E-state index contributed by atoms with van der Waals surface area (Å²) in [6, 6.07) is 11.4. The van der Waals surface area contributed by atoms with E-state index in [2.05, 4.69) is 15.2 Å². The SMILES string of the molecule is Clc1cccc(CSc2nnc(-c3cccnc3)o2)c1. The second-order valence-electron chi connectivity index (χ2n) is 4.03. The molecule has 0 unspecified atom stereocenters. The molecule has 0 bridgehead atoms. The highest BCUT2D eigenvalue weighted by molar-refractivity contribution is 7.98. The van der Waals surface area contributed by atoms with Crippen LogP contribution in [0.2, 0.25) is 5.02 Å². The average molecular weight is 304 g/mol. The molecule has 0 aliphatic heterocycles. The van der Waals surface area contributed by atoms with Gasteiger partial charge in [-0.1, -0.05) is 35.5 Å². The zero-order valence-corrected chi connectivity index (χ0v) is 11.9. The van der Waals surface area contributed by atoms with E-state index in [9.17, 15) is 0 Å². The number of pyridine rings is 1. The first-order valence-corrected chi connectivity index (χ1v) is 7.29. The van der Waals surface area contributed by atoms with Gasteiger partial charge < -0.3 is 4.42 Å². The summed E-state index contributed by atoms with van der Waals surface area (Å²) in [6.45, 7) is 0. The summed E-state index contributed by atoms with van der Waals surface area (Å²) in [5.41, 5.74) is 1.93. The molecule has 0 N–H and O–H groups in total. The third-order valence-corrected chi connectivity index (χ3v) is 3.69. The molecule has 4 nitrogen and oxygen atoms in total. The zero-order chi connectivity index (χ0) is 13.8. The Labute approximate surface area is 125 Å². The van der Waals surface area contributed by atoms with Crippen LogP contribution in [0.4, 0.5) is 0 Å². The normalized spacial score (nSPS) is 10.7. The fraction of sp³-hybridized carbons (Fsp3) is 0.0714. The van der Waals surface area contributed by atoms with Gasteiger partial charge in [-0.2, -0.15) is 0 Å². The largest absolute Gasteiger partial charge is 0.411 e. The van der Waals surface area contributed by atoms with E-state index in [0.717, 1.165) is 21.9 Å². The van der Waals surface area contributed by atoms with Crippen molar-refractivity contribution in [2.75, 3.05) is 0 Å². The third-order valence-electron chi connectivity index (χ3n) is 2.57. The minimum absolute atomic E-state index is 0.478. The Bertz CT molecular complexity index is 702. The minimum Gasteiger partial charge on any atom is -0.411 e. The number of aromatic nitrogens is 3. The third kappa shape index (κ3) is 3.18. The van der Waals surface area contributed by atoms with Gasteiger partial charge in [-0.15, -0.1) is 10.2 Å². The van der Waals surface area contributed by atoms with Crippen LogP contribution in [0.15, 0.2) is 58.4 Å². The quantitative estimate of drug-likeness (QED) is 0.680. The topological polar surface area (TPSA) is 51.8 Å². The van der Waals surface area contributed by atoms with Gasteiger partial charge in [0.15, 0.2) is 0 Å². The van der Waals surface area contributed by atoms with Crippen molar-refractivity contribution in [3.8, 4) is 11.5 Å². The molecule has 100 valence electrons. The van der Waals surface area contributed by atoms with Crippen LogP contribution in [0.1, 0.15) is 5.56 Å². The van der Waals surface area contributed by atoms with Crippen molar-refractivity contribution in [1.29, 1.82) is 0 Å². The number of hydrogen-bond acceptors (Lipinski definition) is 5. The Morgan fingerprint density at radius 1 is 1.15 bits per heavy atom. The van der Waals surface area contributed by atoms with Crippen molar-refractivity contribution in [3.63, 3.8) is 0 Å². The van der Waals surface area contributed by atoms with Gasteiger partial charge in [-0.05, 0) is 29.8 Å². The molecule has 3 rings (SSSR count). The summed E-state index contributed by atoms with van der Waals surface area (Å²) in [5, 5.41) is 9.29. The lowest BCUT2D eigenvalue weighted by molar-refractivity contribution is 0.465. The molecule has 0 saturated heterocycles. The Hall–Kier alpha value is -1.85. The van der Waals surface area contributed by atoms with Gasteiger partial charge in [0.25, 0.3) is 5.22 Å². The van der Waals surface area contributed by atoms with Crippen molar-refractivity contribution in [1.82, 2.24) is 15.2 Å². The molecule has 0 aliphatic rings. The van der Waals surface area contributed by atoms with Gasteiger partial charge in [0, 0.05) is 23.2 Å². The fourth-order valence-electron chi connectivity index (χ4n) is 1.65. The van der Waals surface area contributed by atoms with Crippen molar-refractivity contribution >= 4 is 23.4 Å². The molecule has 20 heavy (non-hydrogen) atoms. The molecule has 3 aromatic rings. The summed E-state index contributed by atoms with van der Waals surface area (Å²) < 4.78 is 5.59. The first-order chi connectivity index (χ1) is 9.81. The summed E-state index contributed by atoms with van der Waals surface area (Å²) in [6.07, 6.45) is 3.40. The van der Waals surface area contributed by atoms with E-state index in [1.165, 1.54) is 11.8 Å². The second-order valence-corrected chi connectivity index (χ2v) is 5.40. The molecule has 2 heterocycles. The van der Waals surface area contributed by atoms with E-state index in [1.54, 1.807) is 12.4 Å². The van der Waals surface area contributed by atoms with Crippen LogP contribution in [0, 0.1) is 0 Å². The van der Waals surface area contributed by atoms with Gasteiger partial charge in [-0.25, -0.2) is 0 Å². The molecule has 2 aromatic heterocycles. The molecule has 0 spiro atoms. The summed E-state index contributed by atoms with van der Waals surface area (Å²) in [4.78, 5) is 4.02. The van der Waals surface area contributed by atoms with E-state index in [-0.39, 0.29) is 0 Å². The van der Waals surface area contributed by atoms with Crippen molar-refractivity contribution in [3.05, 3.63) is 59.4 Å². The van der Waals surface area contributed by atoms with E-state index in [1.807, 2.05) is 36.4 Å². The molecular weight excluding hydrogens is 294 g/mol. The van der Waals surface area contributed by atoms with Gasteiger partial charge >= 0.3 is 0 Å². The lowest BCUT2D eigenvalue weighted by Crippen LogP contribution is -1.80. The van der Waals surface area contributed by atoms with Gasteiger partial charge in [0.05, 0.1) is 5.56 Å². The summed E-state index contributed by atoms with van der Waals surface area (Å²) in [7, 11) is 0. The van der Waals surface area contributed by atoms with Crippen molar-refractivity contribution in [2.45, 2.75) is 11.0 Å². The van der Waals surface area contributed by atoms with Crippen LogP contribution in [0.3, 0.4) is 0 Å². The first-order valence-electron chi connectivity index (χ1n) is 5.92. The van der Waals surface area contributed by atoms with Crippen LogP contribution in [-0.2, 0) is 5.75 Å². The smallest absolute Gasteiger partial charge is 0.277 e. The van der Waals surface area contributed by atoms with Gasteiger partial charge in [0.1, 0.15) is 0 Å². The first kappa shape index (κ1) is 13.1. The van der Waals surface area contributed by atoms with Gasteiger partial charge in [0.2, 0.25) is 5.89 Å². The maximum atomic E-state index is 5.94. The molecule has 0 aliphatic carbocycles. The predicted octanol–water partition coefficient (Wildman–Crippen LogP) is 4.08. The Morgan fingerprint density at radius 3 is 2.90 bits per heavy atom. The minimum atomic E-state index is 0.478. The highest BCUT2D eigenvalue weighted by Gasteiger charge is 2.09. The number of benzene rings is 1. The molecular formula is C14H10ClN3OS. The highest BCUT2D eigenvalue weighted by Crippen LogP contribution is 2.25. The second kappa shape index (κ2) is 6.07.